The van der Waals surface area contributed by atoms with Crippen LogP contribution in [0.4, 0.5) is 0 Å². The van der Waals surface area contributed by atoms with Crippen LogP contribution in [0.2, 0.25) is 0 Å². The number of nitrogens with one attached hydrogen (secondary N) is 1. The quantitative estimate of drug-likeness (QED) is 0.762. The SMILES string of the molecule is CC(=O)N(CCNS(=O)(=O)N(C)C)C(C)(C)C. The molecule has 0 saturated carbocycles. The molecule has 0 heterocycles. The summed E-state index contributed by atoms with van der Waals surface area (Å²) in [6.45, 7) is 7.77. The smallest absolute Gasteiger partial charge is 0.278 e. The second-order valence-electron chi connectivity index (χ2n) is 5.02. The summed E-state index contributed by atoms with van der Waals surface area (Å²) < 4.78 is 26.4. The maximum absolute atomic E-state index is 11.4. The van der Waals surface area contributed by atoms with Crippen molar-refractivity contribution in [3.8, 4) is 0 Å². The zero-order chi connectivity index (χ0) is 13.9. The van der Waals surface area contributed by atoms with Crippen molar-refractivity contribution in [2.24, 2.45) is 0 Å². The lowest BCUT2D eigenvalue weighted by Crippen LogP contribution is -2.49. The van der Waals surface area contributed by atoms with E-state index in [-0.39, 0.29) is 18.0 Å². The molecule has 0 spiro atoms. The Morgan fingerprint density at radius 2 is 1.71 bits per heavy atom. The van der Waals surface area contributed by atoms with Crippen LogP contribution in [-0.2, 0) is 15.0 Å². The second-order valence-corrected chi connectivity index (χ2v) is 6.99. The van der Waals surface area contributed by atoms with Crippen LogP contribution < -0.4 is 4.72 Å². The molecule has 0 bridgehead atoms. The van der Waals surface area contributed by atoms with Gasteiger partial charge in [0.25, 0.3) is 10.2 Å². The van der Waals surface area contributed by atoms with Gasteiger partial charge in [0.15, 0.2) is 0 Å². The first-order valence-electron chi connectivity index (χ1n) is 5.44. The maximum atomic E-state index is 11.4. The Hall–Kier alpha value is -0.660. The van der Waals surface area contributed by atoms with E-state index in [1.807, 2.05) is 20.8 Å². The van der Waals surface area contributed by atoms with E-state index in [9.17, 15) is 13.2 Å². The van der Waals surface area contributed by atoms with Crippen LogP contribution in [0.15, 0.2) is 0 Å². The normalized spacial score (nSPS) is 12.9. The van der Waals surface area contributed by atoms with E-state index in [1.165, 1.54) is 21.0 Å². The van der Waals surface area contributed by atoms with Crippen molar-refractivity contribution in [1.29, 1.82) is 0 Å². The van der Waals surface area contributed by atoms with Crippen LogP contribution in [0, 0.1) is 0 Å². The van der Waals surface area contributed by atoms with Gasteiger partial charge in [-0.05, 0) is 20.8 Å². The largest absolute Gasteiger partial charge is 0.337 e. The lowest BCUT2D eigenvalue weighted by atomic mass is 10.1. The first-order valence-corrected chi connectivity index (χ1v) is 6.88. The van der Waals surface area contributed by atoms with Crippen LogP contribution in [0.5, 0.6) is 0 Å². The van der Waals surface area contributed by atoms with Crippen LogP contribution in [0.1, 0.15) is 27.7 Å². The Balaban J connectivity index is 4.42. The number of carbonyl (C=O) groups is 1. The molecule has 0 aromatic heterocycles. The molecule has 0 unspecified atom stereocenters. The van der Waals surface area contributed by atoms with E-state index in [0.29, 0.717) is 6.54 Å². The molecular weight excluding hydrogens is 242 g/mol. The summed E-state index contributed by atoms with van der Waals surface area (Å²) in [6.07, 6.45) is 0. The Kier molecular flexibility index (Phi) is 5.57. The topological polar surface area (TPSA) is 69.7 Å². The van der Waals surface area contributed by atoms with E-state index in [2.05, 4.69) is 4.72 Å². The standard InChI is InChI=1S/C10H23N3O3S/c1-9(14)13(10(2,3)4)8-7-11-17(15,16)12(5)6/h11H,7-8H2,1-6H3. The molecule has 0 radical (unpaired) electrons. The molecule has 0 aliphatic heterocycles. The summed E-state index contributed by atoms with van der Waals surface area (Å²) in [4.78, 5) is 13.0. The summed E-state index contributed by atoms with van der Waals surface area (Å²) in [5.74, 6) is -0.0680. The maximum Gasteiger partial charge on any atom is 0.278 e. The first kappa shape index (κ1) is 16.3. The van der Waals surface area contributed by atoms with Gasteiger partial charge in [-0.3, -0.25) is 4.79 Å². The minimum Gasteiger partial charge on any atom is -0.337 e. The molecule has 1 N–H and O–H groups in total. The summed E-state index contributed by atoms with van der Waals surface area (Å²) >= 11 is 0. The highest BCUT2D eigenvalue weighted by atomic mass is 32.2. The average molecular weight is 265 g/mol. The van der Waals surface area contributed by atoms with Gasteiger partial charge in [0.05, 0.1) is 0 Å². The number of amides is 1. The molecule has 0 aromatic rings. The zero-order valence-corrected chi connectivity index (χ0v) is 12.3. The molecule has 0 fully saturated rings. The van der Waals surface area contributed by atoms with Gasteiger partial charge < -0.3 is 4.90 Å². The van der Waals surface area contributed by atoms with Gasteiger partial charge in [-0.2, -0.15) is 12.7 Å². The molecule has 0 aliphatic carbocycles. The van der Waals surface area contributed by atoms with Crippen molar-refractivity contribution in [2.45, 2.75) is 33.2 Å². The number of hydrogen-bond acceptors (Lipinski definition) is 3. The molecule has 0 rings (SSSR count). The third-order valence-electron chi connectivity index (χ3n) is 2.29. The minimum absolute atomic E-state index is 0.0680. The molecule has 0 atom stereocenters. The Morgan fingerprint density at radius 3 is 2.00 bits per heavy atom. The summed E-state index contributed by atoms with van der Waals surface area (Å²) in [6, 6.07) is 0. The van der Waals surface area contributed by atoms with Crippen molar-refractivity contribution in [2.75, 3.05) is 27.2 Å². The van der Waals surface area contributed by atoms with E-state index in [0.717, 1.165) is 4.31 Å². The fourth-order valence-electron chi connectivity index (χ4n) is 1.38. The Labute approximate surface area is 104 Å². The van der Waals surface area contributed by atoms with Crippen molar-refractivity contribution in [3.05, 3.63) is 0 Å². The molecule has 0 saturated heterocycles. The van der Waals surface area contributed by atoms with Crippen LogP contribution in [-0.4, -0.2) is 56.3 Å². The monoisotopic (exact) mass is 265 g/mol. The number of carbonyl (C=O) groups excluding carboxylic acids is 1. The van der Waals surface area contributed by atoms with Crippen molar-refractivity contribution in [3.63, 3.8) is 0 Å². The van der Waals surface area contributed by atoms with E-state index in [1.54, 1.807) is 4.90 Å². The highest BCUT2D eigenvalue weighted by molar-refractivity contribution is 7.87. The average Bonchev–Trinajstić information content (AvgIpc) is 2.09. The first-order chi connectivity index (χ1) is 7.48. The fourth-order valence-corrected chi connectivity index (χ4v) is 1.99. The van der Waals surface area contributed by atoms with Crippen molar-refractivity contribution in [1.82, 2.24) is 13.9 Å². The predicted molar refractivity (Wildman–Crippen MR) is 67.7 cm³/mol. The van der Waals surface area contributed by atoms with Crippen LogP contribution in [0.3, 0.4) is 0 Å². The summed E-state index contributed by atoms with van der Waals surface area (Å²) in [5.41, 5.74) is -0.310. The molecule has 102 valence electrons. The van der Waals surface area contributed by atoms with Gasteiger partial charge in [0.1, 0.15) is 0 Å². The molecular formula is C10H23N3O3S. The zero-order valence-electron chi connectivity index (χ0n) is 11.4. The lowest BCUT2D eigenvalue weighted by Gasteiger charge is -2.35. The number of nitrogens with zero attached hydrogens (tertiary/aromatic N) is 2. The van der Waals surface area contributed by atoms with E-state index < -0.39 is 10.2 Å². The number of hydrogen-bond donors (Lipinski definition) is 1. The Bertz CT molecular complexity index is 357. The Morgan fingerprint density at radius 1 is 1.24 bits per heavy atom. The van der Waals surface area contributed by atoms with E-state index >= 15 is 0 Å². The molecule has 7 heteroatoms. The summed E-state index contributed by atoms with van der Waals surface area (Å²) in [5, 5.41) is 0. The minimum atomic E-state index is -3.42. The van der Waals surface area contributed by atoms with Gasteiger partial charge >= 0.3 is 0 Å². The molecule has 0 aliphatic rings. The fraction of sp³-hybridized carbons (Fsp3) is 0.900. The highest BCUT2D eigenvalue weighted by Gasteiger charge is 2.23. The molecule has 1 amide bonds. The summed E-state index contributed by atoms with van der Waals surface area (Å²) in [7, 11) is -0.513. The molecule has 6 nitrogen and oxygen atoms in total. The van der Waals surface area contributed by atoms with Crippen LogP contribution in [0.25, 0.3) is 0 Å². The molecule has 0 aromatic carbocycles. The highest BCUT2D eigenvalue weighted by Crippen LogP contribution is 2.12. The van der Waals surface area contributed by atoms with Crippen LogP contribution >= 0.6 is 0 Å². The van der Waals surface area contributed by atoms with Crippen molar-refractivity contribution < 1.29 is 13.2 Å². The predicted octanol–water partition coefficient (Wildman–Crippen LogP) is 0.0294. The number of rotatable bonds is 5. The van der Waals surface area contributed by atoms with E-state index in [4.69, 9.17) is 0 Å². The van der Waals surface area contributed by atoms with Gasteiger partial charge in [-0.15, -0.1) is 0 Å². The third-order valence-corrected chi connectivity index (χ3v) is 3.82. The van der Waals surface area contributed by atoms with Gasteiger partial charge in [-0.25, -0.2) is 4.72 Å². The van der Waals surface area contributed by atoms with Crippen molar-refractivity contribution >= 4 is 16.1 Å². The molecule has 17 heavy (non-hydrogen) atoms. The van der Waals surface area contributed by atoms with Gasteiger partial charge in [0, 0.05) is 39.6 Å². The van der Waals surface area contributed by atoms with Gasteiger partial charge in [-0.1, -0.05) is 0 Å². The lowest BCUT2D eigenvalue weighted by molar-refractivity contribution is -0.133. The third kappa shape index (κ3) is 5.47. The van der Waals surface area contributed by atoms with Gasteiger partial charge in [0.2, 0.25) is 5.91 Å². The second kappa shape index (κ2) is 5.79.